The second kappa shape index (κ2) is 5.03. The number of anilines is 1. The first-order valence-electron chi connectivity index (χ1n) is 5.08. The minimum absolute atomic E-state index is 0.374. The Labute approximate surface area is 98.3 Å². The van der Waals surface area contributed by atoms with E-state index in [1.54, 1.807) is 54.9 Å². The van der Waals surface area contributed by atoms with E-state index < -0.39 is 11.7 Å². The molecule has 0 saturated heterocycles. The second-order valence-electron chi connectivity index (χ2n) is 3.39. The Hall–Kier alpha value is -2.49. The van der Waals surface area contributed by atoms with Gasteiger partial charge in [0.15, 0.2) is 0 Å². The third-order valence-corrected chi connectivity index (χ3v) is 2.18. The topological polar surface area (TPSA) is 59.1 Å². The minimum Gasteiger partial charge on any atom is -0.319 e. The molecule has 84 valence electrons. The number of hydrogen-bond acceptors (Lipinski definition) is 3. The first-order valence-corrected chi connectivity index (χ1v) is 5.08. The fraction of sp³-hybridized carbons (Fsp3) is 0. The molecule has 0 fully saturated rings. The number of carbonyl (C=O) groups excluding carboxylic acids is 2. The average molecular weight is 226 g/mol. The summed E-state index contributed by atoms with van der Waals surface area (Å²) in [5.41, 5.74) is 0.924. The van der Waals surface area contributed by atoms with Crippen molar-refractivity contribution in [2.45, 2.75) is 0 Å². The second-order valence-corrected chi connectivity index (χ2v) is 3.39. The third-order valence-electron chi connectivity index (χ3n) is 2.18. The minimum atomic E-state index is -0.651. The van der Waals surface area contributed by atoms with Crippen molar-refractivity contribution in [2.75, 3.05) is 5.32 Å². The molecule has 2 rings (SSSR count). The van der Waals surface area contributed by atoms with Gasteiger partial charge in [0, 0.05) is 23.6 Å². The van der Waals surface area contributed by atoms with Crippen LogP contribution >= 0.6 is 0 Å². The van der Waals surface area contributed by atoms with Gasteiger partial charge in [0.05, 0.1) is 0 Å². The van der Waals surface area contributed by atoms with Crippen molar-refractivity contribution in [3.63, 3.8) is 0 Å². The van der Waals surface area contributed by atoms with Crippen molar-refractivity contribution in [2.24, 2.45) is 0 Å². The third kappa shape index (κ3) is 2.75. The lowest BCUT2D eigenvalue weighted by atomic mass is 10.1. The maximum Gasteiger partial charge on any atom is 0.296 e. The normalized spacial score (nSPS) is 9.65. The number of ketones is 1. The molecule has 4 nitrogen and oxygen atoms in total. The van der Waals surface area contributed by atoms with Gasteiger partial charge in [-0.1, -0.05) is 30.3 Å². The first kappa shape index (κ1) is 11.0. The van der Waals surface area contributed by atoms with Crippen molar-refractivity contribution in [3.8, 4) is 0 Å². The van der Waals surface area contributed by atoms with E-state index in [2.05, 4.69) is 10.3 Å². The Balaban J connectivity index is 2.09. The number of rotatable bonds is 3. The lowest BCUT2D eigenvalue weighted by molar-refractivity contribution is -0.112. The Bertz CT molecular complexity index is 524. The quantitative estimate of drug-likeness (QED) is 0.642. The highest BCUT2D eigenvalue weighted by Gasteiger charge is 2.15. The standard InChI is InChI=1S/C13H10N2O2/c16-12(10-4-2-1-3-5-10)13(17)15-11-6-8-14-9-7-11/h1-9H,(H,14,15,17). The molecule has 0 bridgehead atoms. The zero-order valence-electron chi connectivity index (χ0n) is 8.96. The Morgan fingerprint density at radius 3 is 2.24 bits per heavy atom. The van der Waals surface area contributed by atoms with Gasteiger partial charge in [0.1, 0.15) is 0 Å². The fourth-order valence-corrected chi connectivity index (χ4v) is 1.34. The summed E-state index contributed by atoms with van der Waals surface area (Å²) in [6.45, 7) is 0. The lowest BCUT2D eigenvalue weighted by Crippen LogP contribution is -2.22. The molecule has 1 N–H and O–H groups in total. The number of hydrogen-bond donors (Lipinski definition) is 1. The Kier molecular flexibility index (Phi) is 3.25. The van der Waals surface area contributed by atoms with Gasteiger partial charge in [-0.2, -0.15) is 0 Å². The summed E-state index contributed by atoms with van der Waals surface area (Å²) >= 11 is 0. The maximum absolute atomic E-state index is 11.7. The van der Waals surface area contributed by atoms with Crippen LogP contribution in [0.2, 0.25) is 0 Å². The summed E-state index contributed by atoms with van der Waals surface area (Å²) in [6.07, 6.45) is 3.09. The lowest BCUT2D eigenvalue weighted by Gasteiger charge is -2.03. The number of Topliss-reactive ketones (excluding diaryl/α,β-unsaturated/α-hetero) is 1. The van der Waals surface area contributed by atoms with E-state index in [9.17, 15) is 9.59 Å². The predicted octanol–water partition coefficient (Wildman–Crippen LogP) is 1.90. The number of amides is 1. The van der Waals surface area contributed by atoms with Crippen molar-refractivity contribution >= 4 is 17.4 Å². The molecule has 1 aromatic heterocycles. The molecule has 0 radical (unpaired) electrons. The molecule has 1 heterocycles. The van der Waals surface area contributed by atoms with Crippen LogP contribution in [0, 0.1) is 0 Å². The van der Waals surface area contributed by atoms with Crippen LogP contribution in [0.25, 0.3) is 0 Å². The Morgan fingerprint density at radius 2 is 1.59 bits per heavy atom. The molecule has 0 aliphatic rings. The van der Waals surface area contributed by atoms with Crippen LogP contribution in [0.4, 0.5) is 5.69 Å². The van der Waals surface area contributed by atoms with E-state index >= 15 is 0 Å². The van der Waals surface area contributed by atoms with Crippen LogP contribution in [-0.2, 0) is 4.79 Å². The van der Waals surface area contributed by atoms with E-state index in [1.165, 1.54) is 0 Å². The molecule has 0 aliphatic carbocycles. The fourth-order valence-electron chi connectivity index (χ4n) is 1.34. The smallest absolute Gasteiger partial charge is 0.296 e. The van der Waals surface area contributed by atoms with Gasteiger partial charge >= 0.3 is 0 Å². The molecule has 1 amide bonds. The van der Waals surface area contributed by atoms with Crippen LogP contribution in [0.3, 0.4) is 0 Å². The summed E-state index contributed by atoms with van der Waals surface area (Å²) in [5, 5.41) is 2.51. The predicted molar refractivity (Wildman–Crippen MR) is 63.6 cm³/mol. The molecule has 17 heavy (non-hydrogen) atoms. The Morgan fingerprint density at radius 1 is 0.941 bits per heavy atom. The van der Waals surface area contributed by atoms with Crippen molar-refractivity contribution in [1.82, 2.24) is 4.98 Å². The number of aromatic nitrogens is 1. The highest BCUT2D eigenvalue weighted by atomic mass is 16.2. The molecule has 0 aliphatic heterocycles. The van der Waals surface area contributed by atoms with E-state index in [-0.39, 0.29) is 0 Å². The number of benzene rings is 1. The van der Waals surface area contributed by atoms with Crippen molar-refractivity contribution in [3.05, 3.63) is 60.4 Å². The molecule has 0 atom stereocenters. The monoisotopic (exact) mass is 226 g/mol. The summed E-state index contributed by atoms with van der Waals surface area (Å²) in [4.78, 5) is 27.2. The average Bonchev–Trinajstić information content (AvgIpc) is 2.40. The largest absolute Gasteiger partial charge is 0.319 e. The molecule has 2 aromatic rings. The van der Waals surface area contributed by atoms with Gasteiger partial charge in [-0.05, 0) is 12.1 Å². The number of nitrogens with one attached hydrogen (secondary N) is 1. The van der Waals surface area contributed by atoms with E-state index in [0.29, 0.717) is 11.3 Å². The van der Waals surface area contributed by atoms with Gasteiger partial charge in [-0.3, -0.25) is 14.6 Å². The molecule has 0 saturated carbocycles. The van der Waals surface area contributed by atoms with Crippen LogP contribution in [-0.4, -0.2) is 16.7 Å². The molecule has 0 spiro atoms. The highest BCUT2D eigenvalue weighted by Crippen LogP contribution is 2.06. The summed E-state index contributed by atoms with van der Waals surface area (Å²) < 4.78 is 0. The van der Waals surface area contributed by atoms with Crippen LogP contribution in [0.15, 0.2) is 54.9 Å². The molecule has 1 aromatic carbocycles. The zero-order chi connectivity index (χ0) is 12.1. The highest BCUT2D eigenvalue weighted by molar-refractivity contribution is 6.46. The SMILES string of the molecule is O=C(Nc1ccncc1)C(=O)c1ccccc1. The molecule has 0 unspecified atom stereocenters. The summed E-state index contributed by atoms with van der Waals surface area (Å²) in [6, 6.07) is 11.7. The van der Waals surface area contributed by atoms with Gasteiger partial charge in [0.25, 0.3) is 11.7 Å². The zero-order valence-corrected chi connectivity index (χ0v) is 8.96. The summed E-state index contributed by atoms with van der Waals surface area (Å²) in [5.74, 6) is -1.20. The molecule has 4 heteroatoms. The maximum atomic E-state index is 11.7. The van der Waals surface area contributed by atoms with Gasteiger partial charge in [-0.15, -0.1) is 0 Å². The van der Waals surface area contributed by atoms with Crippen LogP contribution in [0.5, 0.6) is 0 Å². The van der Waals surface area contributed by atoms with E-state index in [4.69, 9.17) is 0 Å². The van der Waals surface area contributed by atoms with Gasteiger partial charge in [-0.25, -0.2) is 0 Å². The molecular formula is C13H10N2O2. The number of nitrogens with zero attached hydrogens (tertiary/aromatic N) is 1. The number of carbonyl (C=O) groups is 2. The van der Waals surface area contributed by atoms with Crippen molar-refractivity contribution in [1.29, 1.82) is 0 Å². The van der Waals surface area contributed by atoms with Crippen molar-refractivity contribution < 1.29 is 9.59 Å². The van der Waals surface area contributed by atoms with E-state index in [1.807, 2.05) is 0 Å². The van der Waals surface area contributed by atoms with Crippen LogP contribution < -0.4 is 5.32 Å². The van der Waals surface area contributed by atoms with Crippen LogP contribution in [0.1, 0.15) is 10.4 Å². The van der Waals surface area contributed by atoms with Gasteiger partial charge < -0.3 is 5.32 Å². The molecular weight excluding hydrogens is 216 g/mol. The first-order chi connectivity index (χ1) is 8.27. The van der Waals surface area contributed by atoms with Gasteiger partial charge in [0.2, 0.25) is 0 Å². The van der Waals surface area contributed by atoms with E-state index in [0.717, 1.165) is 0 Å². The summed E-state index contributed by atoms with van der Waals surface area (Å²) in [7, 11) is 0. The number of pyridine rings is 1.